The fraction of sp³-hybridized carbons (Fsp3) is 0.533. The summed E-state index contributed by atoms with van der Waals surface area (Å²) >= 11 is 0. The first-order valence-corrected chi connectivity index (χ1v) is 8.64. The molecule has 0 atom stereocenters. The fourth-order valence-corrected chi connectivity index (χ4v) is 4.74. The van der Waals surface area contributed by atoms with Gasteiger partial charge in [-0.3, -0.25) is 4.79 Å². The van der Waals surface area contributed by atoms with Crippen molar-refractivity contribution in [3.8, 4) is 0 Å². The quantitative estimate of drug-likeness (QED) is 0.875. The highest BCUT2D eigenvalue weighted by Crippen LogP contribution is 2.33. The molecule has 116 valence electrons. The van der Waals surface area contributed by atoms with Gasteiger partial charge in [-0.2, -0.15) is 0 Å². The zero-order chi connectivity index (χ0) is 15.5. The van der Waals surface area contributed by atoms with E-state index in [4.69, 9.17) is 5.11 Å². The molecule has 1 aromatic carbocycles. The third kappa shape index (κ3) is 3.83. The molecular weight excluding hydrogens is 290 g/mol. The molecule has 0 saturated heterocycles. The van der Waals surface area contributed by atoms with Crippen molar-refractivity contribution in [3.63, 3.8) is 0 Å². The molecule has 0 heterocycles. The van der Waals surface area contributed by atoms with E-state index in [-0.39, 0.29) is 11.3 Å². The van der Waals surface area contributed by atoms with Crippen molar-refractivity contribution in [2.75, 3.05) is 0 Å². The van der Waals surface area contributed by atoms with Crippen molar-refractivity contribution in [2.45, 2.75) is 55.9 Å². The summed E-state index contributed by atoms with van der Waals surface area (Å²) in [6.07, 6.45) is 3.70. The van der Waals surface area contributed by atoms with Crippen LogP contribution in [0.1, 0.15) is 44.1 Å². The largest absolute Gasteiger partial charge is 0.481 e. The van der Waals surface area contributed by atoms with E-state index in [2.05, 4.69) is 4.72 Å². The number of carboxylic acids is 1. The lowest BCUT2D eigenvalue weighted by atomic mass is 9.80. The standard InChI is InChI=1S/C15H21NO4S/c1-12-7-3-4-8-13(12)21(19,20)16-15(11-14(17)18)9-5-2-6-10-15/h3-4,7-8,16H,2,5-6,9-11H2,1H3,(H,17,18). The summed E-state index contributed by atoms with van der Waals surface area (Å²) in [7, 11) is -3.71. The molecule has 1 aliphatic rings. The zero-order valence-electron chi connectivity index (χ0n) is 12.1. The van der Waals surface area contributed by atoms with Crippen molar-refractivity contribution < 1.29 is 18.3 Å². The second kappa shape index (κ2) is 6.15. The molecule has 0 unspecified atom stereocenters. The lowest BCUT2D eigenvalue weighted by Crippen LogP contribution is -2.51. The summed E-state index contributed by atoms with van der Waals surface area (Å²) in [5, 5.41) is 9.12. The van der Waals surface area contributed by atoms with Gasteiger partial charge in [0.15, 0.2) is 0 Å². The van der Waals surface area contributed by atoms with Crippen molar-refractivity contribution >= 4 is 16.0 Å². The van der Waals surface area contributed by atoms with E-state index in [0.29, 0.717) is 18.4 Å². The summed E-state index contributed by atoms with van der Waals surface area (Å²) < 4.78 is 27.9. The minimum absolute atomic E-state index is 0.169. The van der Waals surface area contributed by atoms with Gasteiger partial charge >= 0.3 is 5.97 Å². The van der Waals surface area contributed by atoms with E-state index in [1.807, 2.05) is 0 Å². The SMILES string of the molecule is Cc1ccccc1S(=O)(=O)NC1(CC(=O)O)CCCCC1. The molecule has 1 fully saturated rings. The molecule has 1 aliphatic carbocycles. The van der Waals surface area contributed by atoms with Gasteiger partial charge in [0.25, 0.3) is 0 Å². The van der Waals surface area contributed by atoms with Crippen LogP contribution in [0.25, 0.3) is 0 Å². The Morgan fingerprint density at radius 3 is 2.43 bits per heavy atom. The number of benzene rings is 1. The van der Waals surface area contributed by atoms with Crippen LogP contribution in [-0.2, 0) is 14.8 Å². The topological polar surface area (TPSA) is 83.5 Å². The normalized spacial score (nSPS) is 18.3. The number of hydrogen-bond donors (Lipinski definition) is 2. The molecule has 21 heavy (non-hydrogen) atoms. The van der Waals surface area contributed by atoms with Crippen LogP contribution < -0.4 is 4.72 Å². The number of carbonyl (C=O) groups is 1. The van der Waals surface area contributed by atoms with E-state index in [1.165, 1.54) is 0 Å². The highest BCUT2D eigenvalue weighted by Gasteiger charge is 2.38. The Morgan fingerprint density at radius 1 is 1.24 bits per heavy atom. The Balaban J connectivity index is 2.31. The van der Waals surface area contributed by atoms with Crippen LogP contribution in [0.4, 0.5) is 0 Å². The molecule has 6 heteroatoms. The van der Waals surface area contributed by atoms with Gasteiger partial charge in [-0.1, -0.05) is 37.5 Å². The first-order valence-electron chi connectivity index (χ1n) is 7.16. The van der Waals surface area contributed by atoms with Gasteiger partial charge in [-0.25, -0.2) is 13.1 Å². The van der Waals surface area contributed by atoms with Gasteiger partial charge in [0.05, 0.1) is 11.3 Å². The zero-order valence-corrected chi connectivity index (χ0v) is 12.9. The number of nitrogens with one attached hydrogen (secondary N) is 1. The number of hydrogen-bond acceptors (Lipinski definition) is 3. The highest BCUT2D eigenvalue weighted by molar-refractivity contribution is 7.89. The van der Waals surface area contributed by atoms with Crippen molar-refractivity contribution in [1.29, 1.82) is 0 Å². The Bertz CT molecular complexity index is 618. The van der Waals surface area contributed by atoms with Crippen LogP contribution in [-0.4, -0.2) is 25.0 Å². The molecule has 0 spiro atoms. The monoisotopic (exact) mass is 311 g/mol. The van der Waals surface area contributed by atoms with Gasteiger partial charge in [0, 0.05) is 5.54 Å². The van der Waals surface area contributed by atoms with E-state index >= 15 is 0 Å². The third-order valence-corrected chi connectivity index (χ3v) is 5.77. The summed E-state index contributed by atoms with van der Waals surface area (Å²) in [6.45, 7) is 1.74. The number of aryl methyl sites for hydroxylation is 1. The van der Waals surface area contributed by atoms with Gasteiger partial charge < -0.3 is 5.11 Å². The van der Waals surface area contributed by atoms with Crippen LogP contribution in [0.2, 0.25) is 0 Å². The minimum atomic E-state index is -3.71. The molecule has 0 amide bonds. The Hall–Kier alpha value is -1.40. The molecule has 2 rings (SSSR count). The van der Waals surface area contributed by atoms with Crippen molar-refractivity contribution in [2.24, 2.45) is 0 Å². The second-order valence-corrected chi connectivity index (χ2v) is 7.43. The van der Waals surface area contributed by atoms with Crippen LogP contribution >= 0.6 is 0 Å². The molecule has 2 N–H and O–H groups in total. The van der Waals surface area contributed by atoms with Gasteiger partial charge in [0.2, 0.25) is 10.0 Å². The molecular formula is C15H21NO4S. The fourth-order valence-electron chi connectivity index (χ4n) is 3.03. The number of sulfonamides is 1. The average molecular weight is 311 g/mol. The first kappa shape index (κ1) is 16.0. The summed E-state index contributed by atoms with van der Waals surface area (Å²) in [6, 6.07) is 6.74. The molecule has 1 saturated carbocycles. The van der Waals surface area contributed by atoms with Crippen molar-refractivity contribution in [1.82, 2.24) is 4.72 Å². The Morgan fingerprint density at radius 2 is 1.86 bits per heavy atom. The summed E-state index contributed by atoms with van der Waals surface area (Å²) in [5.74, 6) is -0.968. The highest BCUT2D eigenvalue weighted by atomic mass is 32.2. The maximum absolute atomic E-state index is 12.6. The predicted octanol–water partition coefficient (Wildman–Crippen LogP) is 2.45. The van der Waals surface area contributed by atoms with Crippen LogP contribution in [0.3, 0.4) is 0 Å². The van der Waals surface area contributed by atoms with E-state index in [0.717, 1.165) is 19.3 Å². The van der Waals surface area contributed by atoms with Crippen LogP contribution in [0.15, 0.2) is 29.2 Å². The van der Waals surface area contributed by atoms with E-state index in [9.17, 15) is 13.2 Å². The number of rotatable bonds is 5. The smallest absolute Gasteiger partial charge is 0.305 e. The van der Waals surface area contributed by atoms with E-state index < -0.39 is 21.5 Å². The average Bonchev–Trinajstić information content (AvgIpc) is 2.38. The van der Waals surface area contributed by atoms with Crippen LogP contribution in [0.5, 0.6) is 0 Å². The maximum atomic E-state index is 12.6. The van der Waals surface area contributed by atoms with Gasteiger partial charge in [-0.15, -0.1) is 0 Å². The van der Waals surface area contributed by atoms with Crippen molar-refractivity contribution in [3.05, 3.63) is 29.8 Å². The number of aliphatic carboxylic acids is 1. The van der Waals surface area contributed by atoms with Crippen LogP contribution in [0, 0.1) is 6.92 Å². The molecule has 0 aliphatic heterocycles. The summed E-state index contributed by atoms with van der Waals surface area (Å²) in [4.78, 5) is 11.3. The van der Waals surface area contributed by atoms with E-state index in [1.54, 1.807) is 31.2 Å². The lowest BCUT2D eigenvalue weighted by Gasteiger charge is -2.36. The first-order chi connectivity index (χ1) is 9.85. The van der Waals surface area contributed by atoms with Gasteiger partial charge in [-0.05, 0) is 31.4 Å². The third-order valence-electron chi connectivity index (χ3n) is 4.03. The Labute approximate surface area is 125 Å². The number of carboxylic acid groups (broad SMARTS) is 1. The predicted molar refractivity (Wildman–Crippen MR) is 79.6 cm³/mol. The summed E-state index contributed by atoms with van der Waals surface area (Å²) in [5.41, 5.74) is -0.197. The molecule has 1 aromatic rings. The lowest BCUT2D eigenvalue weighted by molar-refractivity contribution is -0.138. The molecule has 0 radical (unpaired) electrons. The minimum Gasteiger partial charge on any atom is -0.481 e. The second-order valence-electron chi connectivity index (χ2n) is 5.78. The maximum Gasteiger partial charge on any atom is 0.305 e. The molecule has 0 bridgehead atoms. The molecule has 5 nitrogen and oxygen atoms in total. The Kier molecular flexibility index (Phi) is 4.68. The molecule has 0 aromatic heterocycles. The van der Waals surface area contributed by atoms with Gasteiger partial charge in [0.1, 0.15) is 0 Å².